The Balaban J connectivity index is -0.000000124. The van der Waals surface area contributed by atoms with Gasteiger partial charge in [0, 0.05) is 0 Å². The number of hydrogen-bond donors (Lipinski definition) is 1. The zero-order valence-corrected chi connectivity index (χ0v) is 14.6. The van der Waals surface area contributed by atoms with E-state index >= 15 is 0 Å². The van der Waals surface area contributed by atoms with Crippen LogP contribution in [-0.4, -0.2) is 20.2 Å². The summed E-state index contributed by atoms with van der Waals surface area (Å²) in [5, 5.41) is 8.47. The number of aryl methyl sites for hydroxylation is 1. The molecule has 0 heterocycles. The molecule has 0 radical (unpaired) electrons. The summed E-state index contributed by atoms with van der Waals surface area (Å²) in [6.07, 6.45) is 0. The van der Waals surface area contributed by atoms with E-state index in [-0.39, 0.29) is 49.7 Å². The molecule has 1 N–H and O–H groups in total. The Hall–Kier alpha value is 0.105. The Morgan fingerprint density at radius 3 is 1.57 bits per heavy atom. The topological polar surface area (TPSA) is 78.2 Å². The van der Waals surface area contributed by atoms with Crippen LogP contribution in [0, 0.1) is 17.6 Å². The molecule has 0 fully saturated rings. The van der Waals surface area contributed by atoms with Crippen LogP contribution >= 0.6 is 0 Å². The SMILES string of the molecule is Cc1ccc(S(=O)(=O)O)cc1.F[B-](F)(F)F.N#C[S-].[Ag+].[Ag+]. The van der Waals surface area contributed by atoms with Crippen LogP contribution in [0.1, 0.15) is 5.56 Å². The first kappa shape index (κ1) is 29.2. The summed E-state index contributed by atoms with van der Waals surface area (Å²) in [5.74, 6) is 0. The van der Waals surface area contributed by atoms with E-state index in [0.29, 0.717) is 0 Å². The molecule has 0 atom stereocenters. The Bertz CT molecular complexity index is 514. The van der Waals surface area contributed by atoms with Crippen LogP contribution in [0.2, 0.25) is 0 Å². The van der Waals surface area contributed by atoms with Crippen LogP contribution in [0.5, 0.6) is 0 Å². The summed E-state index contributed by atoms with van der Waals surface area (Å²) in [6, 6.07) is 5.99. The zero-order chi connectivity index (χ0) is 15.7. The minimum Gasteiger partial charge on any atom is -0.696 e. The van der Waals surface area contributed by atoms with Gasteiger partial charge in [-0.2, -0.15) is 8.42 Å². The van der Waals surface area contributed by atoms with Crippen molar-refractivity contribution in [1.29, 1.82) is 5.26 Å². The molecule has 1 rings (SSSR count). The van der Waals surface area contributed by atoms with Crippen LogP contribution in [0.3, 0.4) is 0 Å². The molecule has 0 saturated carbocycles. The summed E-state index contributed by atoms with van der Waals surface area (Å²) in [4.78, 5) is -0.0666. The predicted octanol–water partition coefficient (Wildman–Crippen LogP) is 2.55. The van der Waals surface area contributed by atoms with Gasteiger partial charge in [-0.15, -0.1) is 0 Å². The molecule has 13 heteroatoms. The summed E-state index contributed by atoms with van der Waals surface area (Å²) in [5.41, 5.74) is 0.956. The Kier molecular flexibility index (Phi) is 19.1. The average Bonchev–Trinajstić information content (AvgIpc) is 2.15. The molecular formula is C8H8Ag2BF4NO3S2. The molecule has 0 bridgehead atoms. The fourth-order valence-corrected chi connectivity index (χ4v) is 1.19. The second kappa shape index (κ2) is 13.7. The summed E-state index contributed by atoms with van der Waals surface area (Å²) < 4.78 is 68.6. The van der Waals surface area contributed by atoms with Gasteiger partial charge in [-0.3, -0.25) is 4.55 Å². The third-order valence-electron chi connectivity index (χ3n) is 1.32. The smallest absolute Gasteiger partial charge is 0.696 e. The monoisotopic (exact) mass is 531 g/mol. The molecule has 0 aliphatic rings. The molecule has 0 unspecified atom stereocenters. The van der Waals surface area contributed by atoms with Crippen molar-refractivity contribution in [1.82, 2.24) is 0 Å². The quantitative estimate of drug-likeness (QED) is 0.198. The minimum absolute atomic E-state index is 0. The first-order chi connectivity index (χ1) is 8.41. The van der Waals surface area contributed by atoms with Gasteiger partial charge < -0.3 is 29.9 Å². The number of nitrogens with zero attached hydrogens (tertiary/aromatic N) is 1. The van der Waals surface area contributed by atoms with Gasteiger partial charge in [-0.25, -0.2) is 5.26 Å². The van der Waals surface area contributed by atoms with Gasteiger partial charge in [0.2, 0.25) is 0 Å². The number of rotatable bonds is 1. The van der Waals surface area contributed by atoms with Gasteiger partial charge in [0.25, 0.3) is 10.1 Å². The van der Waals surface area contributed by atoms with Crippen molar-refractivity contribution in [2.45, 2.75) is 11.8 Å². The molecule has 128 valence electrons. The molecule has 0 aliphatic heterocycles. The van der Waals surface area contributed by atoms with E-state index in [1.54, 1.807) is 12.1 Å². The number of thiocyanates is 1. The van der Waals surface area contributed by atoms with E-state index < -0.39 is 17.4 Å². The molecule has 4 nitrogen and oxygen atoms in total. The minimum atomic E-state index is -6.00. The number of halogens is 4. The van der Waals surface area contributed by atoms with Crippen molar-refractivity contribution in [2.24, 2.45) is 0 Å². The Morgan fingerprint density at radius 1 is 1.14 bits per heavy atom. The Labute approximate surface area is 156 Å². The summed E-state index contributed by atoms with van der Waals surface area (Å²) in [7, 11) is -10.0. The fraction of sp³-hybridized carbons (Fsp3) is 0.125. The predicted molar refractivity (Wildman–Crippen MR) is 64.2 cm³/mol. The van der Waals surface area contributed by atoms with Crippen LogP contribution in [0.25, 0.3) is 0 Å². The largest absolute Gasteiger partial charge is 1.00 e. The second-order valence-electron chi connectivity index (χ2n) is 2.87. The van der Waals surface area contributed by atoms with Crippen molar-refractivity contribution >= 4 is 30.0 Å². The van der Waals surface area contributed by atoms with Crippen molar-refractivity contribution < 1.29 is 75.0 Å². The Morgan fingerprint density at radius 2 is 1.38 bits per heavy atom. The third-order valence-corrected chi connectivity index (χ3v) is 2.19. The van der Waals surface area contributed by atoms with Crippen LogP contribution in [0.15, 0.2) is 29.2 Å². The van der Waals surface area contributed by atoms with Gasteiger partial charge in [0.05, 0.1) is 4.90 Å². The van der Waals surface area contributed by atoms with Crippen molar-refractivity contribution in [3.05, 3.63) is 29.8 Å². The number of benzene rings is 1. The normalized spacial score (nSPS) is 9.19. The van der Waals surface area contributed by atoms with Gasteiger partial charge in [-0.1, -0.05) is 23.1 Å². The zero-order valence-electron chi connectivity index (χ0n) is 10.0. The first-order valence-electron chi connectivity index (χ1n) is 4.34. The van der Waals surface area contributed by atoms with Gasteiger partial charge >= 0.3 is 52.0 Å². The molecule has 0 spiro atoms. The third kappa shape index (κ3) is 25.4. The van der Waals surface area contributed by atoms with Gasteiger partial charge in [-0.05, 0) is 19.1 Å². The molecule has 0 amide bonds. The van der Waals surface area contributed by atoms with E-state index in [2.05, 4.69) is 12.6 Å². The summed E-state index contributed by atoms with van der Waals surface area (Å²) in [6.45, 7) is 1.84. The van der Waals surface area contributed by atoms with Crippen molar-refractivity contribution in [2.75, 3.05) is 0 Å². The standard InChI is InChI=1S/C7H8O3S.CHNS.2Ag.BF4/c1-6-2-4-7(5-3-6)11(8,9)10;2-1-3;;;2-1(3,4)5/h2-5H,1H3,(H,8,9,10);3H;;;/q;;2*+1;-1/p-1. The van der Waals surface area contributed by atoms with Crippen LogP contribution in [-0.2, 0) is 67.5 Å². The summed E-state index contributed by atoms with van der Waals surface area (Å²) >= 11 is 3.70. The second-order valence-corrected chi connectivity index (χ2v) is 4.48. The molecule has 0 saturated heterocycles. The van der Waals surface area contributed by atoms with Gasteiger partial charge in [0.1, 0.15) is 0 Å². The fourth-order valence-electron chi connectivity index (χ4n) is 0.710. The number of nitriles is 1. The van der Waals surface area contributed by atoms with E-state index in [9.17, 15) is 25.7 Å². The molecule has 0 aromatic heterocycles. The average molecular weight is 533 g/mol. The first-order valence-corrected chi connectivity index (χ1v) is 6.19. The van der Waals surface area contributed by atoms with E-state index in [4.69, 9.17) is 9.81 Å². The molecule has 0 aliphatic carbocycles. The molecular weight excluding hydrogens is 525 g/mol. The molecule has 1 aromatic carbocycles. The maximum atomic E-state index is 10.5. The van der Waals surface area contributed by atoms with Crippen LogP contribution < -0.4 is 0 Å². The molecule has 21 heavy (non-hydrogen) atoms. The van der Waals surface area contributed by atoms with Crippen LogP contribution in [0.4, 0.5) is 17.3 Å². The van der Waals surface area contributed by atoms with Gasteiger partial charge in [0.15, 0.2) is 0 Å². The van der Waals surface area contributed by atoms with E-state index in [1.165, 1.54) is 17.5 Å². The maximum absolute atomic E-state index is 10.5. The van der Waals surface area contributed by atoms with E-state index in [1.807, 2.05) is 6.92 Å². The maximum Gasteiger partial charge on any atom is 1.00 e. The molecule has 1 aromatic rings. The van der Waals surface area contributed by atoms with Crippen molar-refractivity contribution in [3.63, 3.8) is 0 Å². The van der Waals surface area contributed by atoms with E-state index in [0.717, 1.165) is 5.56 Å². The number of hydrogen-bond acceptors (Lipinski definition) is 4. The van der Waals surface area contributed by atoms with Crippen molar-refractivity contribution in [3.8, 4) is 5.40 Å².